The van der Waals surface area contributed by atoms with Crippen molar-refractivity contribution in [3.63, 3.8) is 0 Å². The van der Waals surface area contributed by atoms with E-state index in [4.69, 9.17) is 0 Å². The van der Waals surface area contributed by atoms with Crippen LogP contribution in [0.3, 0.4) is 0 Å². The van der Waals surface area contributed by atoms with Crippen molar-refractivity contribution in [2.75, 3.05) is 26.2 Å². The molecule has 1 aliphatic rings. The van der Waals surface area contributed by atoms with Gasteiger partial charge in [0.25, 0.3) is 5.91 Å². The van der Waals surface area contributed by atoms with Gasteiger partial charge in [-0.15, -0.1) is 0 Å². The number of halogens is 3. The largest absolute Gasteiger partial charge is 0.417 e. The molecule has 0 aromatic heterocycles. The molecular weight excluding hydrogens is 284 g/mol. The van der Waals surface area contributed by atoms with Crippen molar-refractivity contribution in [3.8, 4) is 0 Å². The molecule has 1 aromatic rings. The molecule has 0 spiro atoms. The van der Waals surface area contributed by atoms with E-state index in [1.165, 1.54) is 30.9 Å². The third-order valence-corrected chi connectivity index (χ3v) is 3.48. The van der Waals surface area contributed by atoms with E-state index in [-0.39, 0.29) is 24.5 Å². The van der Waals surface area contributed by atoms with Crippen LogP contribution in [-0.2, 0) is 6.18 Å². The number of benzene rings is 1. The number of carbonyl (C=O) groups is 2. The summed E-state index contributed by atoms with van der Waals surface area (Å²) in [7, 11) is 1.43. The third kappa shape index (κ3) is 3.37. The van der Waals surface area contributed by atoms with Gasteiger partial charge in [0.15, 0.2) is 5.81 Å². The summed E-state index contributed by atoms with van der Waals surface area (Å²) in [6.07, 6.45) is -4.56. The van der Waals surface area contributed by atoms with Gasteiger partial charge in [-0.2, -0.15) is 13.2 Å². The fraction of sp³-hybridized carbons (Fsp3) is 0.385. The van der Waals surface area contributed by atoms with Crippen LogP contribution in [-0.4, -0.2) is 55.5 Å². The maximum Gasteiger partial charge on any atom is 0.417 e. The topological polar surface area (TPSA) is 40.6 Å². The number of nitrogens with zero attached hydrogens (tertiary/aromatic N) is 2. The molecule has 0 unspecified atom stereocenters. The Morgan fingerprint density at radius 1 is 1.00 bits per heavy atom. The van der Waals surface area contributed by atoms with Crippen molar-refractivity contribution in [3.05, 3.63) is 35.4 Å². The normalized spacial score (nSPS) is 16.0. The average Bonchev–Trinajstić information content (AvgIpc) is 2.45. The first kappa shape index (κ1) is 15.4. The Kier molecular flexibility index (Phi) is 4.25. The number of rotatable bonds is 1. The standard InChI is InChI=1S/C13H14BF3N2O2/c14-12(21)19-7-5-18(6-8-19)11(20)9-3-1-2-4-10(9)13(15,16)17/h1-4H,5-8,14H2. The summed E-state index contributed by atoms with van der Waals surface area (Å²) in [5.74, 6) is -0.746. The Morgan fingerprint density at radius 2 is 1.52 bits per heavy atom. The van der Waals surface area contributed by atoms with Crippen molar-refractivity contribution < 1.29 is 22.8 Å². The molecule has 0 atom stereocenters. The molecule has 0 aliphatic carbocycles. The molecule has 0 saturated carbocycles. The van der Waals surface area contributed by atoms with E-state index < -0.39 is 17.6 Å². The summed E-state index contributed by atoms with van der Waals surface area (Å²) in [5.41, 5.74) is -1.27. The Hall–Kier alpha value is -1.99. The van der Waals surface area contributed by atoms with Crippen LogP contribution >= 0.6 is 0 Å². The molecule has 21 heavy (non-hydrogen) atoms. The van der Waals surface area contributed by atoms with Crippen LogP contribution in [0, 0.1) is 0 Å². The lowest BCUT2D eigenvalue weighted by atomic mass is 10.0. The second kappa shape index (κ2) is 5.79. The highest BCUT2D eigenvalue weighted by Crippen LogP contribution is 2.32. The molecule has 1 aliphatic heterocycles. The predicted molar refractivity (Wildman–Crippen MR) is 72.9 cm³/mol. The number of alkyl halides is 3. The molecule has 1 fully saturated rings. The lowest BCUT2D eigenvalue weighted by molar-refractivity contribution is -0.138. The van der Waals surface area contributed by atoms with Gasteiger partial charge in [-0.3, -0.25) is 9.59 Å². The van der Waals surface area contributed by atoms with E-state index in [0.717, 1.165) is 6.07 Å². The monoisotopic (exact) mass is 298 g/mol. The third-order valence-electron chi connectivity index (χ3n) is 3.48. The lowest BCUT2D eigenvalue weighted by Gasteiger charge is -2.34. The molecule has 8 heteroatoms. The minimum Gasteiger partial charge on any atom is -0.348 e. The van der Waals surface area contributed by atoms with Gasteiger partial charge in [-0.1, -0.05) is 12.1 Å². The van der Waals surface area contributed by atoms with Gasteiger partial charge in [0, 0.05) is 26.2 Å². The first-order valence-electron chi connectivity index (χ1n) is 6.51. The van der Waals surface area contributed by atoms with Crippen molar-refractivity contribution in [2.45, 2.75) is 6.18 Å². The van der Waals surface area contributed by atoms with Crippen LogP contribution in [0.2, 0.25) is 0 Å². The van der Waals surface area contributed by atoms with Crippen LogP contribution in [0.5, 0.6) is 0 Å². The molecule has 1 heterocycles. The fourth-order valence-electron chi connectivity index (χ4n) is 2.31. The molecule has 1 aromatic carbocycles. The van der Waals surface area contributed by atoms with Crippen LogP contribution in [0.25, 0.3) is 0 Å². The highest BCUT2D eigenvalue weighted by atomic mass is 19.4. The van der Waals surface area contributed by atoms with Crippen molar-refractivity contribution in [2.24, 2.45) is 0 Å². The minimum absolute atomic E-state index is 0.0993. The van der Waals surface area contributed by atoms with Gasteiger partial charge < -0.3 is 9.80 Å². The van der Waals surface area contributed by atoms with Gasteiger partial charge in [0.1, 0.15) is 0 Å². The molecule has 2 rings (SSSR count). The van der Waals surface area contributed by atoms with Gasteiger partial charge in [-0.05, 0) is 12.1 Å². The predicted octanol–water partition coefficient (Wildman–Crippen LogP) is 1.22. The number of amides is 2. The minimum atomic E-state index is -4.56. The van der Waals surface area contributed by atoms with E-state index in [1.807, 2.05) is 0 Å². The zero-order valence-corrected chi connectivity index (χ0v) is 11.5. The summed E-state index contributed by atoms with van der Waals surface area (Å²) in [6, 6.07) is 4.75. The van der Waals surface area contributed by atoms with Crippen LogP contribution in [0.1, 0.15) is 15.9 Å². The summed E-state index contributed by atoms with van der Waals surface area (Å²) in [5, 5.41) is 0. The van der Waals surface area contributed by atoms with E-state index in [2.05, 4.69) is 0 Å². The van der Waals surface area contributed by atoms with E-state index in [9.17, 15) is 22.8 Å². The Labute approximate surface area is 120 Å². The number of carbonyl (C=O) groups excluding carboxylic acids is 2. The second-order valence-corrected chi connectivity index (χ2v) is 4.84. The first-order valence-corrected chi connectivity index (χ1v) is 6.51. The van der Waals surface area contributed by atoms with E-state index in [1.54, 1.807) is 4.90 Å². The van der Waals surface area contributed by atoms with Gasteiger partial charge in [0.05, 0.1) is 11.1 Å². The Balaban J connectivity index is 2.17. The summed E-state index contributed by atoms with van der Waals surface area (Å²) in [6.45, 7) is 1.17. The van der Waals surface area contributed by atoms with Gasteiger partial charge in [0.2, 0.25) is 7.85 Å². The van der Waals surface area contributed by atoms with E-state index in [0.29, 0.717) is 13.1 Å². The highest BCUT2D eigenvalue weighted by molar-refractivity contribution is 6.56. The number of piperazine rings is 1. The quantitative estimate of drug-likeness (QED) is 0.731. The SMILES string of the molecule is BC(=O)N1CCN(C(=O)c2ccccc2C(F)(F)F)CC1. The maximum absolute atomic E-state index is 12.9. The van der Waals surface area contributed by atoms with Gasteiger partial charge >= 0.3 is 6.18 Å². The molecule has 112 valence electrons. The molecule has 1 saturated heterocycles. The van der Waals surface area contributed by atoms with E-state index >= 15 is 0 Å². The van der Waals surface area contributed by atoms with Crippen LogP contribution in [0.4, 0.5) is 18.0 Å². The smallest absolute Gasteiger partial charge is 0.348 e. The number of hydrogen-bond donors (Lipinski definition) is 0. The molecule has 0 N–H and O–H groups in total. The average molecular weight is 298 g/mol. The second-order valence-electron chi connectivity index (χ2n) is 4.84. The summed E-state index contributed by atoms with van der Waals surface area (Å²) < 4.78 is 38.8. The molecule has 0 radical (unpaired) electrons. The lowest BCUT2D eigenvalue weighted by Crippen LogP contribution is -2.50. The Bertz CT molecular complexity index is 555. The molecule has 2 amide bonds. The molecule has 4 nitrogen and oxygen atoms in total. The molecular formula is C13H14BF3N2O2. The van der Waals surface area contributed by atoms with Crippen molar-refractivity contribution in [1.82, 2.24) is 9.80 Å². The fourth-order valence-corrected chi connectivity index (χ4v) is 2.31. The maximum atomic E-state index is 12.9. The van der Waals surface area contributed by atoms with Gasteiger partial charge in [-0.25, -0.2) is 0 Å². The summed E-state index contributed by atoms with van der Waals surface area (Å²) >= 11 is 0. The summed E-state index contributed by atoms with van der Waals surface area (Å²) in [4.78, 5) is 26.4. The zero-order valence-electron chi connectivity index (χ0n) is 11.5. The Morgan fingerprint density at radius 3 is 2.05 bits per heavy atom. The highest BCUT2D eigenvalue weighted by Gasteiger charge is 2.36. The van der Waals surface area contributed by atoms with Crippen molar-refractivity contribution in [1.29, 1.82) is 0 Å². The van der Waals surface area contributed by atoms with Crippen LogP contribution < -0.4 is 0 Å². The first-order chi connectivity index (χ1) is 9.80. The zero-order chi connectivity index (χ0) is 15.6. The van der Waals surface area contributed by atoms with Crippen LogP contribution in [0.15, 0.2) is 24.3 Å². The van der Waals surface area contributed by atoms with Crippen molar-refractivity contribution >= 4 is 19.6 Å². The molecule has 0 bridgehead atoms. The number of hydrogen-bond acceptors (Lipinski definition) is 2.